The molecule has 0 aliphatic heterocycles. The van der Waals surface area contributed by atoms with Gasteiger partial charge in [0.15, 0.2) is 0 Å². The number of para-hydroxylation sites is 1. The standard InChI is InChI=1S/C13H17ClN2/c1-10(9-15-11-7-8-11)16(2)13-6-4-3-5-12(13)14/h3-6,11,15H,1,7-9H2,2H3. The summed E-state index contributed by atoms with van der Waals surface area (Å²) in [4.78, 5) is 2.04. The van der Waals surface area contributed by atoms with Crippen molar-refractivity contribution in [3.05, 3.63) is 41.6 Å². The largest absolute Gasteiger partial charge is 0.346 e. The molecular weight excluding hydrogens is 220 g/mol. The third-order valence-electron chi connectivity index (χ3n) is 2.86. The van der Waals surface area contributed by atoms with Crippen molar-refractivity contribution < 1.29 is 0 Å². The molecule has 0 spiro atoms. The molecule has 1 aliphatic rings. The molecule has 1 aliphatic carbocycles. The molecule has 0 bridgehead atoms. The number of likely N-dealkylation sites (N-methyl/N-ethyl adjacent to an activating group) is 1. The average Bonchev–Trinajstić information content (AvgIpc) is 3.09. The molecule has 0 aromatic heterocycles. The Balaban J connectivity index is 1.97. The molecule has 0 radical (unpaired) electrons. The number of hydrogen-bond acceptors (Lipinski definition) is 2. The highest BCUT2D eigenvalue weighted by Crippen LogP contribution is 2.26. The van der Waals surface area contributed by atoms with Crippen LogP contribution >= 0.6 is 11.6 Å². The highest BCUT2D eigenvalue weighted by Gasteiger charge is 2.20. The van der Waals surface area contributed by atoms with E-state index in [1.165, 1.54) is 12.8 Å². The second-order valence-electron chi connectivity index (χ2n) is 4.23. The predicted octanol–water partition coefficient (Wildman–Crippen LogP) is 3.04. The smallest absolute Gasteiger partial charge is 0.0642 e. The molecule has 0 amide bonds. The van der Waals surface area contributed by atoms with Crippen LogP contribution in [0.4, 0.5) is 5.69 Å². The molecule has 86 valence electrons. The fraction of sp³-hybridized carbons (Fsp3) is 0.385. The van der Waals surface area contributed by atoms with Gasteiger partial charge < -0.3 is 10.2 Å². The Kier molecular flexibility index (Phi) is 3.52. The van der Waals surface area contributed by atoms with E-state index >= 15 is 0 Å². The Morgan fingerprint density at radius 2 is 2.19 bits per heavy atom. The summed E-state index contributed by atoms with van der Waals surface area (Å²) in [5, 5.41) is 4.20. The first-order valence-corrected chi connectivity index (χ1v) is 5.95. The maximum Gasteiger partial charge on any atom is 0.0642 e. The van der Waals surface area contributed by atoms with E-state index in [9.17, 15) is 0 Å². The minimum atomic E-state index is 0.705. The fourth-order valence-corrected chi connectivity index (χ4v) is 1.82. The fourth-order valence-electron chi connectivity index (χ4n) is 1.56. The van der Waals surface area contributed by atoms with Gasteiger partial charge in [0, 0.05) is 25.3 Å². The first kappa shape index (κ1) is 11.5. The maximum absolute atomic E-state index is 6.14. The summed E-state index contributed by atoms with van der Waals surface area (Å²) in [7, 11) is 2.00. The Morgan fingerprint density at radius 3 is 2.81 bits per heavy atom. The first-order chi connectivity index (χ1) is 7.68. The third-order valence-corrected chi connectivity index (χ3v) is 3.18. The molecule has 1 aromatic carbocycles. The summed E-state index contributed by atoms with van der Waals surface area (Å²) in [5.41, 5.74) is 2.05. The Morgan fingerprint density at radius 1 is 1.50 bits per heavy atom. The van der Waals surface area contributed by atoms with Crippen molar-refractivity contribution in [3.8, 4) is 0 Å². The number of nitrogens with zero attached hydrogens (tertiary/aromatic N) is 1. The van der Waals surface area contributed by atoms with Crippen LogP contribution in [0.1, 0.15) is 12.8 Å². The molecule has 3 heteroatoms. The van der Waals surface area contributed by atoms with E-state index in [0.717, 1.165) is 23.0 Å². The van der Waals surface area contributed by atoms with Gasteiger partial charge in [-0.05, 0) is 25.0 Å². The van der Waals surface area contributed by atoms with Crippen LogP contribution in [-0.4, -0.2) is 19.6 Å². The minimum absolute atomic E-state index is 0.705. The molecule has 2 nitrogen and oxygen atoms in total. The molecule has 0 unspecified atom stereocenters. The van der Waals surface area contributed by atoms with Crippen molar-refractivity contribution in [2.45, 2.75) is 18.9 Å². The van der Waals surface area contributed by atoms with Crippen LogP contribution in [0, 0.1) is 0 Å². The van der Waals surface area contributed by atoms with Gasteiger partial charge >= 0.3 is 0 Å². The first-order valence-electron chi connectivity index (χ1n) is 5.58. The van der Waals surface area contributed by atoms with Crippen LogP contribution < -0.4 is 10.2 Å². The van der Waals surface area contributed by atoms with Gasteiger partial charge in [0.25, 0.3) is 0 Å². The molecule has 1 N–H and O–H groups in total. The van der Waals surface area contributed by atoms with Gasteiger partial charge in [-0.25, -0.2) is 0 Å². The number of halogens is 1. The van der Waals surface area contributed by atoms with Crippen LogP contribution in [0.3, 0.4) is 0 Å². The molecule has 1 fully saturated rings. The van der Waals surface area contributed by atoms with Crippen molar-refractivity contribution in [2.24, 2.45) is 0 Å². The quantitative estimate of drug-likeness (QED) is 0.846. The van der Waals surface area contributed by atoms with E-state index in [2.05, 4.69) is 11.9 Å². The summed E-state index contributed by atoms with van der Waals surface area (Å²) in [6.07, 6.45) is 2.59. The van der Waals surface area contributed by atoms with Gasteiger partial charge in [0.1, 0.15) is 0 Å². The molecule has 0 atom stereocenters. The van der Waals surface area contributed by atoms with Crippen molar-refractivity contribution in [2.75, 3.05) is 18.5 Å². The second-order valence-corrected chi connectivity index (χ2v) is 4.64. The molecule has 1 saturated carbocycles. The van der Waals surface area contributed by atoms with Crippen LogP contribution in [0.25, 0.3) is 0 Å². The molecule has 0 saturated heterocycles. The zero-order valence-electron chi connectivity index (χ0n) is 9.54. The van der Waals surface area contributed by atoms with E-state index in [1.807, 2.05) is 36.2 Å². The van der Waals surface area contributed by atoms with Crippen molar-refractivity contribution in [1.82, 2.24) is 5.32 Å². The van der Waals surface area contributed by atoms with Crippen LogP contribution in [-0.2, 0) is 0 Å². The van der Waals surface area contributed by atoms with Crippen LogP contribution in [0.2, 0.25) is 5.02 Å². The number of benzene rings is 1. The Hall–Kier alpha value is -0.990. The van der Waals surface area contributed by atoms with Crippen LogP contribution in [0.15, 0.2) is 36.5 Å². The van der Waals surface area contributed by atoms with Crippen molar-refractivity contribution in [3.63, 3.8) is 0 Å². The molecule has 1 aromatic rings. The summed E-state index contributed by atoms with van der Waals surface area (Å²) >= 11 is 6.14. The topological polar surface area (TPSA) is 15.3 Å². The monoisotopic (exact) mass is 236 g/mol. The summed E-state index contributed by atoms with van der Waals surface area (Å²) in [6, 6.07) is 8.53. The summed E-state index contributed by atoms with van der Waals surface area (Å²) in [6.45, 7) is 4.90. The van der Waals surface area contributed by atoms with E-state index in [1.54, 1.807) is 0 Å². The Bertz CT molecular complexity index is 385. The molecule has 16 heavy (non-hydrogen) atoms. The minimum Gasteiger partial charge on any atom is -0.346 e. The predicted molar refractivity (Wildman–Crippen MR) is 70.0 cm³/mol. The lowest BCUT2D eigenvalue weighted by atomic mass is 10.2. The van der Waals surface area contributed by atoms with Gasteiger partial charge in [0.05, 0.1) is 10.7 Å². The van der Waals surface area contributed by atoms with Gasteiger partial charge in [-0.15, -0.1) is 0 Å². The zero-order chi connectivity index (χ0) is 11.5. The summed E-state index contributed by atoms with van der Waals surface area (Å²) in [5.74, 6) is 0. The van der Waals surface area contributed by atoms with Crippen molar-refractivity contribution >= 4 is 17.3 Å². The second kappa shape index (κ2) is 4.89. The molecule has 2 rings (SSSR count). The van der Waals surface area contributed by atoms with Crippen molar-refractivity contribution in [1.29, 1.82) is 0 Å². The van der Waals surface area contributed by atoms with E-state index in [4.69, 9.17) is 11.6 Å². The normalized spacial score (nSPS) is 14.9. The highest BCUT2D eigenvalue weighted by molar-refractivity contribution is 6.33. The SMILES string of the molecule is C=C(CNC1CC1)N(C)c1ccccc1Cl. The zero-order valence-corrected chi connectivity index (χ0v) is 10.3. The summed E-state index contributed by atoms with van der Waals surface area (Å²) < 4.78 is 0. The molecular formula is C13H17ClN2. The number of nitrogens with one attached hydrogen (secondary N) is 1. The Labute approximate surface area is 102 Å². The number of anilines is 1. The number of rotatable bonds is 5. The highest BCUT2D eigenvalue weighted by atomic mass is 35.5. The lowest BCUT2D eigenvalue weighted by Crippen LogP contribution is -2.27. The van der Waals surface area contributed by atoms with Gasteiger partial charge in [0.2, 0.25) is 0 Å². The lowest BCUT2D eigenvalue weighted by Gasteiger charge is -2.23. The van der Waals surface area contributed by atoms with E-state index in [-0.39, 0.29) is 0 Å². The molecule has 0 heterocycles. The number of hydrogen-bond donors (Lipinski definition) is 1. The lowest BCUT2D eigenvalue weighted by molar-refractivity contribution is 0.722. The van der Waals surface area contributed by atoms with E-state index in [0.29, 0.717) is 6.04 Å². The van der Waals surface area contributed by atoms with E-state index < -0.39 is 0 Å². The maximum atomic E-state index is 6.14. The van der Waals surface area contributed by atoms with Crippen LogP contribution in [0.5, 0.6) is 0 Å². The van der Waals surface area contributed by atoms with Gasteiger partial charge in [-0.3, -0.25) is 0 Å². The average molecular weight is 237 g/mol. The van der Waals surface area contributed by atoms with Gasteiger partial charge in [-0.1, -0.05) is 30.3 Å². The van der Waals surface area contributed by atoms with Gasteiger partial charge in [-0.2, -0.15) is 0 Å². The third kappa shape index (κ3) is 2.77.